The van der Waals surface area contributed by atoms with Crippen molar-refractivity contribution in [3.8, 4) is 6.07 Å². The van der Waals surface area contributed by atoms with Crippen molar-refractivity contribution in [2.45, 2.75) is 25.8 Å². The van der Waals surface area contributed by atoms with Crippen LogP contribution in [0.2, 0.25) is 0 Å². The highest BCUT2D eigenvalue weighted by Gasteiger charge is 2.10. The Hall–Kier alpha value is -1.27. The average molecular weight is 164 g/mol. The molecule has 0 aliphatic heterocycles. The van der Waals surface area contributed by atoms with E-state index in [1.807, 2.05) is 12.1 Å². The average Bonchev–Trinajstić information content (AvgIpc) is 2.51. The summed E-state index contributed by atoms with van der Waals surface area (Å²) in [5, 5.41) is 8.50. The molecule has 0 aromatic carbocycles. The predicted octanol–water partition coefficient (Wildman–Crippen LogP) is 1.93. The molecule has 1 heterocycles. The van der Waals surface area contributed by atoms with Crippen molar-refractivity contribution < 1.29 is 4.42 Å². The molecular weight excluding hydrogens is 152 g/mol. The minimum Gasteiger partial charge on any atom is -0.466 e. The molecule has 0 aliphatic rings. The largest absolute Gasteiger partial charge is 0.466 e. The molecule has 0 fully saturated rings. The van der Waals surface area contributed by atoms with E-state index in [1.165, 1.54) is 0 Å². The minimum absolute atomic E-state index is 0.411. The van der Waals surface area contributed by atoms with Crippen LogP contribution in [-0.2, 0) is 0 Å². The van der Waals surface area contributed by atoms with Gasteiger partial charge in [-0.05, 0) is 17.5 Å². The summed E-state index contributed by atoms with van der Waals surface area (Å²) in [7, 11) is 0. The van der Waals surface area contributed by atoms with Crippen molar-refractivity contribution >= 4 is 0 Å². The minimum atomic E-state index is -0.641. The second kappa shape index (κ2) is 3.42. The topological polar surface area (TPSA) is 62.9 Å². The van der Waals surface area contributed by atoms with E-state index in [-0.39, 0.29) is 0 Å². The van der Waals surface area contributed by atoms with Crippen molar-refractivity contribution in [1.29, 1.82) is 5.26 Å². The lowest BCUT2D eigenvalue weighted by Gasteiger charge is -1.96. The van der Waals surface area contributed by atoms with E-state index in [9.17, 15) is 0 Å². The lowest BCUT2D eigenvalue weighted by atomic mass is 10.1. The molecule has 12 heavy (non-hydrogen) atoms. The lowest BCUT2D eigenvalue weighted by molar-refractivity contribution is 0.494. The molecule has 1 aromatic rings. The van der Waals surface area contributed by atoms with Crippen molar-refractivity contribution in [3.05, 3.63) is 23.7 Å². The number of nitrogens with zero attached hydrogens (tertiary/aromatic N) is 1. The van der Waals surface area contributed by atoms with Crippen LogP contribution in [0.4, 0.5) is 0 Å². The Morgan fingerprint density at radius 1 is 1.58 bits per heavy atom. The summed E-state index contributed by atoms with van der Waals surface area (Å²) in [4.78, 5) is 0. The molecule has 0 saturated heterocycles. The SMILES string of the molecule is CC(C)c1coc(C(N)C#N)c1. The van der Waals surface area contributed by atoms with E-state index in [4.69, 9.17) is 15.4 Å². The highest BCUT2D eigenvalue weighted by Crippen LogP contribution is 2.20. The third kappa shape index (κ3) is 1.66. The van der Waals surface area contributed by atoms with Gasteiger partial charge in [-0.2, -0.15) is 5.26 Å². The Bertz CT molecular complexity index is 296. The van der Waals surface area contributed by atoms with Crippen LogP contribution in [0.1, 0.15) is 37.1 Å². The Kier molecular flexibility index (Phi) is 2.51. The van der Waals surface area contributed by atoms with Crippen LogP contribution in [0.5, 0.6) is 0 Å². The van der Waals surface area contributed by atoms with Gasteiger partial charge in [-0.25, -0.2) is 0 Å². The molecule has 2 N–H and O–H groups in total. The fourth-order valence-electron chi connectivity index (χ4n) is 0.898. The Morgan fingerprint density at radius 2 is 2.25 bits per heavy atom. The molecule has 1 unspecified atom stereocenters. The zero-order valence-corrected chi connectivity index (χ0v) is 7.24. The van der Waals surface area contributed by atoms with Crippen LogP contribution in [0, 0.1) is 11.3 Å². The van der Waals surface area contributed by atoms with Crippen molar-refractivity contribution in [1.82, 2.24) is 0 Å². The summed E-state index contributed by atoms with van der Waals surface area (Å²) in [6, 6.07) is 3.11. The molecule has 1 atom stereocenters. The number of nitrogens with two attached hydrogens (primary N) is 1. The molecule has 0 aliphatic carbocycles. The molecule has 0 bridgehead atoms. The number of hydrogen-bond donors (Lipinski definition) is 1. The Balaban J connectivity index is 2.86. The first-order chi connectivity index (χ1) is 5.65. The van der Waals surface area contributed by atoms with Crippen LogP contribution in [-0.4, -0.2) is 0 Å². The third-order valence-electron chi connectivity index (χ3n) is 1.75. The van der Waals surface area contributed by atoms with Gasteiger partial charge >= 0.3 is 0 Å². The van der Waals surface area contributed by atoms with E-state index in [2.05, 4.69) is 13.8 Å². The summed E-state index contributed by atoms with van der Waals surface area (Å²) in [5.41, 5.74) is 6.53. The molecule has 1 aromatic heterocycles. The summed E-state index contributed by atoms with van der Waals surface area (Å²) in [5.74, 6) is 0.953. The molecule has 64 valence electrons. The molecule has 3 heteroatoms. The van der Waals surface area contributed by atoms with E-state index < -0.39 is 6.04 Å². The maximum atomic E-state index is 8.50. The molecule has 3 nitrogen and oxygen atoms in total. The zero-order chi connectivity index (χ0) is 9.14. The van der Waals surface area contributed by atoms with E-state index in [0.717, 1.165) is 5.56 Å². The van der Waals surface area contributed by atoms with Gasteiger partial charge in [0.25, 0.3) is 0 Å². The highest BCUT2D eigenvalue weighted by atomic mass is 16.3. The quantitative estimate of drug-likeness (QED) is 0.726. The monoisotopic (exact) mass is 164 g/mol. The first-order valence-corrected chi connectivity index (χ1v) is 3.88. The van der Waals surface area contributed by atoms with E-state index in [0.29, 0.717) is 11.7 Å². The van der Waals surface area contributed by atoms with Gasteiger partial charge in [0.05, 0.1) is 12.3 Å². The van der Waals surface area contributed by atoms with Gasteiger partial charge in [0.2, 0.25) is 0 Å². The molecular formula is C9H12N2O. The smallest absolute Gasteiger partial charge is 0.151 e. The summed E-state index contributed by atoms with van der Waals surface area (Å²) < 4.78 is 5.13. The van der Waals surface area contributed by atoms with Crippen LogP contribution >= 0.6 is 0 Å². The number of rotatable bonds is 2. The normalized spacial score (nSPS) is 12.9. The van der Waals surface area contributed by atoms with Gasteiger partial charge in [0, 0.05) is 0 Å². The van der Waals surface area contributed by atoms with Crippen molar-refractivity contribution in [3.63, 3.8) is 0 Å². The highest BCUT2D eigenvalue weighted by molar-refractivity contribution is 5.21. The van der Waals surface area contributed by atoms with Crippen molar-refractivity contribution in [2.75, 3.05) is 0 Å². The maximum absolute atomic E-state index is 8.50. The second-order valence-corrected chi connectivity index (χ2v) is 3.04. The number of furan rings is 1. The lowest BCUT2D eigenvalue weighted by Crippen LogP contribution is -2.05. The van der Waals surface area contributed by atoms with E-state index >= 15 is 0 Å². The molecule has 0 radical (unpaired) electrons. The zero-order valence-electron chi connectivity index (χ0n) is 7.24. The Labute approximate surface area is 71.8 Å². The fourth-order valence-corrected chi connectivity index (χ4v) is 0.898. The van der Waals surface area contributed by atoms with Gasteiger partial charge in [-0.3, -0.25) is 0 Å². The maximum Gasteiger partial charge on any atom is 0.151 e. The summed E-state index contributed by atoms with van der Waals surface area (Å²) in [6.45, 7) is 4.12. The van der Waals surface area contributed by atoms with Crippen LogP contribution in [0.15, 0.2) is 16.7 Å². The molecule has 1 rings (SSSR count). The van der Waals surface area contributed by atoms with Crippen LogP contribution in [0.3, 0.4) is 0 Å². The fraction of sp³-hybridized carbons (Fsp3) is 0.444. The summed E-state index contributed by atoms with van der Waals surface area (Å²) >= 11 is 0. The van der Waals surface area contributed by atoms with Crippen molar-refractivity contribution in [2.24, 2.45) is 5.73 Å². The predicted molar refractivity (Wildman–Crippen MR) is 45.3 cm³/mol. The molecule has 0 amide bonds. The summed E-state index contributed by atoms with van der Waals surface area (Å²) in [6.07, 6.45) is 1.65. The van der Waals surface area contributed by atoms with Gasteiger partial charge in [-0.15, -0.1) is 0 Å². The number of hydrogen-bond acceptors (Lipinski definition) is 3. The second-order valence-electron chi connectivity index (χ2n) is 3.04. The van der Waals surface area contributed by atoms with Gasteiger partial charge in [-0.1, -0.05) is 13.8 Å². The Morgan fingerprint density at radius 3 is 2.67 bits per heavy atom. The number of nitriles is 1. The van der Waals surface area contributed by atoms with Gasteiger partial charge in [0.15, 0.2) is 6.04 Å². The third-order valence-corrected chi connectivity index (χ3v) is 1.75. The van der Waals surface area contributed by atoms with Gasteiger partial charge < -0.3 is 10.2 Å². The van der Waals surface area contributed by atoms with Crippen LogP contribution in [0.25, 0.3) is 0 Å². The van der Waals surface area contributed by atoms with E-state index in [1.54, 1.807) is 6.26 Å². The molecule has 0 saturated carbocycles. The van der Waals surface area contributed by atoms with Crippen LogP contribution < -0.4 is 5.73 Å². The first-order valence-electron chi connectivity index (χ1n) is 3.88. The molecule has 0 spiro atoms. The standard InChI is InChI=1S/C9H12N2O/c1-6(2)7-3-9(12-5-7)8(11)4-10/h3,5-6,8H,11H2,1-2H3. The van der Waals surface area contributed by atoms with Gasteiger partial charge in [0.1, 0.15) is 5.76 Å². The first kappa shape index (κ1) is 8.82.